The van der Waals surface area contributed by atoms with Crippen LogP contribution < -0.4 is 4.74 Å². The summed E-state index contributed by atoms with van der Waals surface area (Å²) < 4.78 is 81.9. The van der Waals surface area contributed by atoms with Crippen LogP contribution in [-0.4, -0.2) is 30.7 Å². The first kappa shape index (κ1) is 20.8. The molecule has 0 bridgehead atoms. The maximum atomic E-state index is 13.5. The van der Waals surface area contributed by atoms with E-state index in [0.29, 0.717) is 6.07 Å². The fourth-order valence-corrected chi connectivity index (χ4v) is 4.44. The molecule has 2 aromatic rings. The van der Waals surface area contributed by atoms with Crippen LogP contribution in [0.2, 0.25) is 5.02 Å². The Labute approximate surface area is 162 Å². The summed E-state index contributed by atoms with van der Waals surface area (Å²) >= 11 is 5.74. The predicted octanol–water partition coefficient (Wildman–Crippen LogP) is 4.08. The van der Waals surface area contributed by atoms with Crippen LogP contribution in [0, 0.1) is 5.82 Å². The van der Waals surface area contributed by atoms with E-state index in [1.807, 2.05) is 0 Å². The molecule has 3 rings (SSSR count). The summed E-state index contributed by atoms with van der Waals surface area (Å²) in [6.07, 6.45) is -1.75. The highest BCUT2D eigenvalue weighted by Crippen LogP contribution is 2.50. The first-order valence-corrected chi connectivity index (χ1v) is 9.73. The molecule has 0 saturated carbocycles. The van der Waals surface area contributed by atoms with Crippen molar-refractivity contribution >= 4 is 21.4 Å². The minimum absolute atomic E-state index is 0.00153. The van der Waals surface area contributed by atoms with Crippen LogP contribution in [0.15, 0.2) is 35.2 Å². The zero-order chi connectivity index (χ0) is 20.9. The third kappa shape index (κ3) is 3.57. The van der Waals surface area contributed by atoms with E-state index >= 15 is 0 Å². The minimum atomic E-state index is -5.75. The average Bonchev–Trinajstić information content (AvgIpc) is 2.90. The van der Waals surface area contributed by atoms with E-state index in [4.69, 9.17) is 16.3 Å². The number of ether oxygens (including phenoxy) is 1. The molecule has 1 aliphatic rings. The number of aliphatic hydroxyl groups excluding tert-OH is 2. The second-order valence-corrected chi connectivity index (χ2v) is 8.52. The second kappa shape index (κ2) is 7.18. The van der Waals surface area contributed by atoms with Gasteiger partial charge in [0.1, 0.15) is 17.3 Å². The minimum Gasteiger partial charge on any atom is -0.457 e. The molecule has 0 heterocycles. The number of fused-ring (bicyclic) bond motifs is 1. The summed E-state index contributed by atoms with van der Waals surface area (Å²) in [7, 11) is -5.75. The topological polar surface area (TPSA) is 83.8 Å². The van der Waals surface area contributed by atoms with Gasteiger partial charge < -0.3 is 14.9 Å². The van der Waals surface area contributed by atoms with Gasteiger partial charge in [-0.15, -0.1) is 0 Å². The van der Waals surface area contributed by atoms with Gasteiger partial charge in [0.15, 0.2) is 0 Å². The van der Waals surface area contributed by atoms with Gasteiger partial charge in [0, 0.05) is 28.1 Å². The lowest BCUT2D eigenvalue weighted by molar-refractivity contribution is -0.0437. The molecule has 28 heavy (non-hydrogen) atoms. The van der Waals surface area contributed by atoms with Crippen molar-refractivity contribution in [3.63, 3.8) is 0 Å². The van der Waals surface area contributed by atoms with Crippen LogP contribution in [0.25, 0.3) is 0 Å². The highest BCUT2D eigenvalue weighted by atomic mass is 35.5. The van der Waals surface area contributed by atoms with Crippen molar-refractivity contribution in [1.29, 1.82) is 0 Å². The first-order valence-electron chi connectivity index (χ1n) is 7.86. The van der Waals surface area contributed by atoms with Crippen LogP contribution in [0.3, 0.4) is 0 Å². The predicted molar refractivity (Wildman–Crippen MR) is 90.6 cm³/mol. The van der Waals surface area contributed by atoms with Gasteiger partial charge in [-0.1, -0.05) is 11.6 Å². The van der Waals surface area contributed by atoms with E-state index in [0.717, 1.165) is 18.2 Å². The number of benzene rings is 2. The molecular formula is C17H13ClF4O5S. The molecule has 152 valence electrons. The van der Waals surface area contributed by atoms with Gasteiger partial charge in [-0.2, -0.15) is 13.2 Å². The Hall–Kier alpha value is -1.88. The van der Waals surface area contributed by atoms with E-state index in [-0.39, 0.29) is 28.5 Å². The lowest BCUT2D eigenvalue weighted by atomic mass is 10.0. The van der Waals surface area contributed by atoms with Gasteiger partial charge in [0.2, 0.25) is 0 Å². The third-order valence-corrected chi connectivity index (χ3v) is 6.10. The van der Waals surface area contributed by atoms with E-state index in [1.54, 1.807) is 0 Å². The van der Waals surface area contributed by atoms with E-state index < -0.39 is 50.3 Å². The molecule has 0 radical (unpaired) electrons. The van der Waals surface area contributed by atoms with Gasteiger partial charge in [-0.3, -0.25) is 0 Å². The Bertz CT molecular complexity index is 1000. The maximum absolute atomic E-state index is 13.5. The fourth-order valence-electron chi connectivity index (χ4n) is 3.19. The molecule has 0 spiro atoms. The smallest absolute Gasteiger partial charge is 0.457 e. The van der Waals surface area contributed by atoms with Crippen molar-refractivity contribution in [2.24, 2.45) is 0 Å². The SMILES string of the molecule is O=S(=O)(c1ccc(Oc2cc(F)cc(Cl)c2)c2c1[C@H](O)CC2CO)C(F)(F)F. The van der Waals surface area contributed by atoms with Crippen LogP contribution in [0.1, 0.15) is 29.6 Å². The lowest BCUT2D eigenvalue weighted by Gasteiger charge is -2.18. The molecule has 1 aliphatic carbocycles. The van der Waals surface area contributed by atoms with Crippen molar-refractivity contribution in [2.75, 3.05) is 6.61 Å². The highest BCUT2D eigenvalue weighted by Gasteiger charge is 2.50. The van der Waals surface area contributed by atoms with Gasteiger partial charge in [0.05, 0.1) is 17.6 Å². The van der Waals surface area contributed by atoms with E-state index in [1.165, 1.54) is 6.07 Å². The number of alkyl halides is 3. The Balaban J connectivity index is 2.19. The number of hydrogen-bond donors (Lipinski definition) is 2. The molecule has 0 aliphatic heterocycles. The number of sulfone groups is 1. The van der Waals surface area contributed by atoms with Crippen LogP contribution in [0.5, 0.6) is 11.5 Å². The Morgan fingerprint density at radius 3 is 2.43 bits per heavy atom. The summed E-state index contributed by atoms with van der Waals surface area (Å²) in [5.41, 5.74) is -6.15. The summed E-state index contributed by atoms with van der Waals surface area (Å²) in [5, 5.41) is 19.7. The normalized spacial score (nSPS) is 19.5. The molecule has 2 atom stereocenters. The number of halogens is 5. The molecule has 1 unspecified atom stereocenters. The molecule has 5 nitrogen and oxygen atoms in total. The first-order chi connectivity index (χ1) is 13.0. The lowest BCUT2D eigenvalue weighted by Crippen LogP contribution is -2.25. The molecule has 0 aromatic heterocycles. The summed E-state index contributed by atoms with van der Waals surface area (Å²) in [6, 6.07) is 4.87. The molecule has 0 saturated heterocycles. The molecule has 11 heteroatoms. The van der Waals surface area contributed by atoms with Crippen molar-refractivity contribution in [1.82, 2.24) is 0 Å². The van der Waals surface area contributed by atoms with Gasteiger partial charge in [-0.05, 0) is 30.7 Å². The van der Waals surface area contributed by atoms with E-state index in [9.17, 15) is 36.2 Å². The van der Waals surface area contributed by atoms with Gasteiger partial charge in [0.25, 0.3) is 9.84 Å². The molecule has 2 N–H and O–H groups in total. The fraction of sp³-hybridized carbons (Fsp3) is 0.294. The number of hydrogen-bond acceptors (Lipinski definition) is 5. The van der Waals surface area contributed by atoms with Crippen molar-refractivity contribution in [2.45, 2.75) is 28.8 Å². The number of aliphatic hydroxyl groups is 2. The molecule has 2 aromatic carbocycles. The largest absolute Gasteiger partial charge is 0.501 e. The quantitative estimate of drug-likeness (QED) is 0.700. The monoisotopic (exact) mass is 440 g/mol. The average molecular weight is 441 g/mol. The van der Waals surface area contributed by atoms with Crippen molar-refractivity contribution in [3.8, 4) is 11.5 Å². The van der Waals surface area contributed by atoms with Crippen LogP contribution >= 0.6 is 11.6 Å². The Morgan fingerprint density at radius 1 is 1.18 bits per heavy atom. The number of rotatable bonds is 4. The maximum Gasteiger partial charge on any atom is 0.501 e. The third-order valence-electron chi connectivity index (χ3n) is 4.33. The zero-order valence-corrected chi connectivity index (χ0v) is 15.4. The van der Waals surface area contributed by atoms with Gasteiger partial charge >= 0.3 is 5.51 Å². The van der Waals surface area contributed by atoms with Crippen molar-refractivity contribution in [3.05, 3.63) is 52.3 Å². The summed E-state index contributed by atoms with van der Waals surface area (Å²) in [6.45, 7) is -0.570. The van der Waals surface area contributed by atoms with Crippen LogP contribution in [-0.2, 0) is 9.84 Å². The van der Waals surface area contributed by atoms with Crippen LogP contribution in [0.4, 0.5) is 17.6 Å². The van der Waals surface area contributed by atoms with E-state index in [2.05, 4.69) is 0 Å². The summed E-state index contributed by atoms with van der Waals surface area (Å²) in [4.78, 5) is -1.11. The molecule has 0 fully saturated rings. The van der Waals surface area contributed by atoms with Gasteiger partial charge in [-0.25, -0.2) is 12.8 Å². The standard InChI is InChI=1S/C17H13ClF4O5S/c18-9-4-10(19)6-11(5-9)27-13-1-2-14(28(25,26)17(20,21)22)16-12(24)3-8(7-23)15(13)16/h1-2,4-6,8,12,23-24H,3,7H2/t8?,12-/m1/s1. The molecule has 0 amide bonds. The summed E-state index contributed by atoms with van der Waals surface area (Å²) in [5.74, 6) is -1.80. The van der Waals surface area contributed by atoms with Crippen molar-refractivity contribution < 1.29 is 40.9 Å². The Morgan fingerprint density at radius 2 is 1.86 bits per heavy atom. The second-order valence-electron chi connectivity index (χ2n) is 6.18. The zero-order valence-electron chi connectivity index (χ0n) is 13.9. The highest BCUT2D eigenvalue weighted by molar-refractivity contribution is 7.92. The Kier molecular flexibility index (Phi) is 5.34. The molecular weight excluding hydrogens is 428 g/mol.